The summed E-state index contributed by atoms with van der Waals surface area (Å²) in [7, 11) is 1.48. The second-order valence-electron chi connectivity index (χ2n) is 4.03. The number of hydrazone groups is 1. The Labute approximate surface area is 115 Å². The number of hydrogen-bond donors (Lipinski definition) is 2. The highest BCUT2D eigenvalue weighted by Crippen LogP contribution is 2.23. The van der Waals surface area contributed by atoms with Crippen LogP contribution in [0.1, 0.15) is 21.9 Å². The molecule has 0 spiro atoms. The number of aromatic hydroxyl groups is 1. The van der Waals surface area contributed by atoms with Gasteiger partial charge in [0, 0.05) is 6.07 Å². The molecule has 2 rings (SSSR count). The van der Waals surface area contributed by atoms with Gasteiger partial charge in [-0.15, -0.1) is 0 Å². The molecule has 1 amide bonds. The van der Waals surface area contributed by atoms with Gasteiger partial charge in [-0.25, -0.2) is 5.43 Å². The van der Waals surface area contributed by atoms with Crippen molar-refractivity contribution in [3.63, 3.8) is 0 Å². The molecule has 6 heteroatoms. The van der Waals surface area contributed by atoms with Crippen LogP contribution in [-0.4, -0.2) is 24.3 Å². The Balaban J connectivity index is 2.03. The largest absolute Gasteiger partial charge is 0.507 e. The molecule has 0 bridgehead atoms. The molecule has 0 unspecified atom stereocenters. The van der Waals surface area contributed by atoms with Crippen molar-refractivity contribution in [2.45, 2.75) is 6.92 Å². The van der Waals surface area contributed by atoms with Crippen LogP contribution in [0.5, 0.6) is 11.5 Å². The number of ether oxygens (including phenoxy) is 1. The zero-order valence-electron chi connectivity index (χ0n) is 11.1. The average Bonchev–Trinajstić information content (AvgIpc) is 2.84. The van der Waals surface area contributed by atoms with Crippen LogP contribution in [0.2, 0.25) is 0 Å². The third-order valence-corrected chi connectivity index (χ3v) is 2.57. The van der Waals surface area contributed by atoms with Crippen LogP contribution in [-0.2, 0) is 0 Å². The van der Waals surface area contributed by atoms with E-state index in [9.17, 15) is 9.90 Å². The van der Waals surface area contributed by atoms with E-state index in [1.165, 1.54) is 25.5 Å². The van der Waals surface area contributed by atoms with E-state index >= 15 is 0 Å². The first-order valence-corrected chi connectivity index (χ1v) is 5.87. The number of phenols is 1. The number of rotatable bonds is 4. The van der Waals surface area contributed by atoms with Crippen LogP contribution in [0.4, 0.5) is 0 Å². The van der Waals surface area contributed by atoms with Crippen LogP contribution in [0.25, 0.3) is 0 Å². The molecule has 0 radical (unpaired) electrons. The second-order valence-corrected chi connectivity index (χ2v) is 4.03. The third kappa shape index (κ3) is 3.17. The standard InChI is InChI=1S/C14H14N2O4/c1-9-3-4-11(20-9)8-15-16-14(18)12-6-5-10(19-2)7-13(12)17/h3-8,17H,1-2H3,(H,16,18)/b15-8-. The van der Waals surface area contributed by atoms with E-state index in [2.05, 4.69) is 10.5 Å². The fourth-order valence-corrected chi connectivity index (χ4v) is 1.57. The van der Waals surface area contributed by atoms with Gasteiger partial charge in [-0.05, 0) is 31.2 Å². The van der Waals surface area contributed by atoms with Gasteiger partial charge < -0.3 is 14.3 Å². The number of nitrogens with one attached hydrogen (secondary N) is 1. The Morgan fingerprint density at radius 2 is 2.20 bits per heavy atom. The smallest absolute Gasteiger partial charge is 0.275 e. The zero-order chi connectivity index (χ0) is 14.5. The summed E-state index contributed by atoms with van der Waals surface area (Å²) in [5.41, 5.74) is 2.41. The topological polar surface area (TPSA) is 84.1 Å². The van der Waals surface area contributed by atoms with E-state index in [0.717, 1.165) is 5.76 Å². The molecule has 1 aromatic heterocycles. The molecule has 0 aliphatic heterocycles. The van der Waals surface area contributed by atoms with Crippen LogP contribution in [0.15, 0.2) is 39.9 Å². The number of furan rings is 1. The monoisotopic (exact) mass is 274 g/mol. The average molecular weight is 274 g/mol. The highest BCUT2D eigenvalue weighted by Gasteiger charge is 2.11. The van der Waals surface area contributed by atoms with Crippen LogP contribution < -0.4 is 10.2 Å². The van der Waals surface area contributed by atoms with E-state index in [1.54, 1.807) is 18.2 Å². The van der Waals surface area contributed by atoms with Crippen molar-refractivity contribution in [2.75, 3.05) is 7.11 Å². The Morgan fingerprint density at radius 1 is 1.40 bits per heavy atom. The van der Waals surface area contributed by atoms with Crippen molar-refractivity contribution in [2.24, 2.45) is 5.10 Å². The first-order chi connectivity index (χ1) is 9.60. The number of hydrogen-bond acceptors (Lipinski definition) is 5. The lowest BCUT2D eigenvalue weighted by molar-refractivity contribution is 0.0952. The number of amides is 1. The first kappa shape index (κ1) is 13.7. The number of nitrogens with zero attached hydrogens (tertiary/aromatic N) is 1. The number of aryl methyl sites for hydroxylation is 1. The van der Waals surface area contributed by atoms with Gasteiger partial charge in [0.25, 0.3) is 5.91 Å². The molecule has 2 aromatic rings. The van der Waals surface area contributed by atoms with E-state index in [-0.39, 0.29) is 11.3 Å². The molecule has 0 saturated carbocycles. The lowest BCUT2D eigenvalue weighted by Gasteiger charge is -2.05. The molecule has 0 fully saturated rings. The molecule has 0 aliphatic carbocycles. The van der Waals surface area contributed by atoms with Crippen molar-refractivity contribution >= 4 is 12.1 Å². The molecule has 6 nitrogen and oxygen atoms in total. The molecule has 0 atom stereocenters. The minimum Gasteiger partial charge on any atom is -0.507 e. The fraction of sp³-hybridized carbons (Fsp3) is 0.143. The Morgan fingerprint density at radius 3 is 2.80 bits per heavy atom. The summed E-state index contributed by atoms with van der Waals surface area (Å²) < 4.78 is 10.2. The fourth-order valence-electron chi connectivity index (χ4n) is 1.57. The Bertz CT molecular complexity index is 646. The summed E-state index contributed by atoms with van der Waals surface area (Å²) in [6.07, 6.45) is 1.38. The second kappa shape index (κ2) is 5.92. The highest BCUT2D eigenvalue weighted by molar-refractivity contribution is 5.97. The molecule has 20 heavy (non-hydrogen) atoms. The lowest BCUT2D eigenvalue weighted by atomic mass is 10.2. The maximum Gasteiger partial charge on any atom is 0.275 e. The van der Waals surface area contributed by atoms with Gasteiger partial charge in [-0.2, -0.15) is 5.10 Å². The number of carbonyl (C=O) groups is 1. The molecular formula is C14H14N2O4. The van der Waals surface area contributed by atoms with Crippen LogP contribution in [0, 0.1) is 6.92 Å². The minimum absolute atomic E-state index is 0.110. The van der Waals surface area contributed by atoms with Crippen molar-refractivity contribution in [3.8, 4) is 11.5 Å². The van der Waals surface area contributed by atoms with Gasteiger partial charge in [0.05, 0.1) is 18.9 Å². The van der Waals surface area contributed by atoms with E-state index in [0.29, 0.717) is 11.5 Å². The zero-order valence-corrected chi connectivity index (χ0v) is 11.1. The summed E-state index contributed by atoms with van der Waals surface area (Å²) in [5.74, 6) is 1.05. The predicted octanol–water partition coefficient (Wildman–Crippen LogP) is 2.07. The van der Waals surface area contributed by atoms with Crippen molar-refractivity contribution in [1.29, 1.82) is 0 Å². The normalized spacial score (nSPS) is 10.7. The third-order valence-electron chi connectivity index (χ3n) is 2.57. The van der Waals surface area contributed by atoms with E-state index < -0.39 is 5.91 Å². The van der Waals surface area contributed by atoms with Gasteiger partial charge in [-0.1, -0.05) is 0 Å². The Kier molecular flexibility index (Phi) is 4.05. The number of benzene rings is 1. The van der Waals surface area contributed by atoms with Gasteiger partial charge in [-0.3, -0.25) is 4.79 Å². The van der Waals surface area contributed by atoms with Gasteiger partial charge in [0.15, 0.2) is 0 Å². The summed E-state index contributed by atoms with van der Waals surface area (Å²) in [4.78, 5) is 11.8. The highest BCUT2D eigenvalue weighted by atomic mass is 16.5. The Hall–Kier alpha value is -2.76. The molecular weight excluding hydrogens is 260 g/mol. The predicted molar refractivity (Wildman–Crippen MR) is 73.2 cm³/mol. The molecule has 0 saturated heterocycles. The van der Waals surface area contributed by atoms with Gasteiger partial charge in [0.1, 0.15) is 23.0 Å². The number of phenolic OH excluding ortho intramolecular Hbond substituents is 1. The molecule has 1 heterocycles. The van der Waals surface area contributed by atoms with Crippen molar-refractivity contribution < 1.29 is 19.1 Å². The number of methoxy groups -OCH3 is 1. The van der Waals surface area contributed by atoms with Crippen molar-refractivity contribution in [3.05, 3.63) is 47.4 Å². The summed E-state index contributed by atoms with van der Waals surface area (Å²) in [6, 6.07) is 7.91. The molecule has 0 aliphatic rings. The van der Waals surface area contributed by atoms with Gasteiger partial charge in [0.2, 0.25) is 0 Å². The lowest BCUT2D eigenvalue weighted by Crippen LogP contribution is -2.17. The van der Waals surface area contributed by atoms with Crippen molar-refractivity contribution in [1.82, 2.24) is 5.43 Å². The quantitative estimate of drug-likeness (QED) is 0.660. The maximum absolute atomic E-state index is 11.8. The molecule has 2 N–H and O–H groups in total. The first-order valence-electron chi connectivity index (χ1n) is 5.87. The SMILES string of the molecule is COc1ccc(C(=O)N/N=C\c2ccc(C)o2)c(O)c1. The van der Waals surface area contributed by atoms with E-state index in [4.69, 9.17) is 9.15 Å². The molecule has 1 aromatic carbocycles. The summed E-state index contributed by atoms with van der Waals surface area (Å²) in [6.45, 7) is 1.81. The summed E-state index contributed by atoms with van der Waals surface area (Å²) >= 11 is 0. The van der Waals surface area contributed by atoms with Crippen LogP contribution in [0.3, 0.4) is 0 Å². The van der Waals surface area contributed by atoms with E-state index in [1.807, 2.05) is 6.92 Å². The minimum atomic E-state index is -0.523. The number of carbonyl (C=O) groups excluding carboxylic acids is 1. The van der Waals surface area contributed by atoms with Gasteiger partial charge >= 0.3 is 0 Å². The maximum atomic E-state index is 11.8. The molecule has 104 valence electrons. The summed E-state index contributed by atoms with van der Waals surface area (Å²) in [5, 5.41) is 13.5. The van der Waals surface area contributed by atoms with Crippen LogP contribution >= 0.6 is 0 Å².